The normalized spacial score (nSPS) is 24.7. The minimum absolute atomic E-state index is 0.215. The maximum Gasteiger partial charge on any atom is 0.320 e. The van der Waals surface area contributed by atoms with Gasteiger partial charge < -0.3 is 10.0 Å². The molecule has 2 aromatic rings. The van der Waals surface area contributed by atoms with E-state index in [0.717, 1.165) is 58.4 Å². The quantitative estimate of drug-likeness (QED) is 0.438. The summed E-state index contributed by atoms with van der Waals surface area (Å²) in [5.74, 6) is 1.29. The molecular formula is C31H42N2O4S. The summed E-state index contributed by atoms with van der Waals surface area (Å²) in [7, 11) is -3.22. The molecule has 0 bridgehead atoms. The largest absolute Gasteiger partial charge is 0.480 e. The Hall–Kier alpha value is -2.22. The van der Waals surface area contributed by atoms with Gasteiger partial charge in [-0.15, -0.1) is 0 Å². The van der Waals surface area contributed by atoms with Crippen LogP contribution in [0.3, 0.4) is 0 Å². The molecule has 3 aliphatic rings. The average Bonchev–Trinajstić information content (AvgIpc) is 3.31. The SMILES string of the molecule is O=C(O)C(CC1CCC1)N1CC(CN2CCC(CCS(=O)(=O)c3ccccc3)CC2)C(c2ccccc2)C1. The van der Waals surface area contributed by atoms with Crippen molar-refractivity contribution in [2.45, 2.75) is 61.8 Å². The van der Waals surface area contributed by atoms with E-state index in [-0.39, 0.29) is 11.8 Å². The van der Waals surface area contributed by atoms with Gasteiger partial charge in [0, 0.05) is 25.6 Å². The van der Waals surface area contributed by atoms with E-state index < -0.39 is 15.8 Å². The van der Waals surface area contributed by atoms with Gasteiger partial charge in [-0.3, -0.25) is 9.69 Å². The summed E-state index contributed by atoms with van der Waals surface area (Å²) in [6.45, 7) is 4.59. The lowest BCUT2D eigenvalue weighted by atomic mass is 9.80. The van der Waals surface area contributed by atoms with E-state index in [9.17, 15) is 18.3 Å². The van der Waals surface area contributed by atoms with Crippen molar-refractivity contribution in [1.82, 2.24) is 9.80 Å². The van der Waals surface area contributed by atoms with Gasteiger partial charge in [0.25, 0.3) is 0 Å². The highest BCUT2D eigenvalue weighted by atomic mass is 32.2. The zero-order valence-corrected chi connectivity index (χ0v) is 23.1. The number of carbonyl (C=O) groups is 1. The van der Waals surface area contributed by atoms with Crippen LogP contribution >= 0.6 is 0 Å². The van der Waals surface area contributed by atoms with Crippen molar-refractivity contribution in [3.63, 3.8) is 0 Å². The molecule has 2 saturated heterocycles. The third kappa shape index (κ3) is 6.67. The van der Waals surface area contributed by atoms with Crippen LogP contribution in [0.4, 0.5) is 0 Å². The van der Waals surface area contributed by atoms with Crippen LogP contribution in [0.15, 0.2) is 65.6 Å². The number of carboxylic acids is 1. The van der Waals surface area contributed by atoms with E-state index in [1.165, 1.54) is 24.8 Å². The van der Waals surface area contributed by atoms with Gasteiger partial charge in [-0.05, 0) is 74.2 Å². The summed E-state index contributed by atoms with van der Waals surface area (Å²) >= 11 is 0. The first kappa shape index (κ1) is 27.4. The van der Waals surface area contributed by atoms with E-state index in [2.05, 4.69) is 34.1 Å². The zero-order valence-electron chi connectivity index (χ0n) is 22.3. The number of likely N-dealkylation sites (tertiary alicyclic amines) is 2. The smallest absolute Gasteiger partial charge is 0.320 e. The van der Waals surface area contributed by atoms with Gasteiger partial charge >= 0.3 is 5.97 Å². The van der Waals surface area contributed by atoms with Gasteiger partial charge in [-0.2, -0.15) is 0 Å². The van der Waals surface area contributed by atoms with Crippen LogP contribution in [0.1, 0.15) is 56.4 Å². The highest BCUT2D eigenvalue weighted by molar-refractivity contribution is 7.91. The standard InChI is InChI=1S/C31H42N2O4S/c34-31(35)30(20-25-8-7-9-25)33-22-27(29(23-33)26-10-3-1-4-11-26)21-32-17-14-24(15-18-32)16-19-38(36,37)28-12-5-2-6-13-28/h1-6,10-13,24-25,27,29-30H,7-9,14-23H2,(H,34,35). The minimum atomic E-state index is -3.22. The summed E-state index contributed by atoms with van der Waals surface area (Å²) in [6, 6.07) is 19.0. The average molecular weight is 539 g/mol. The maximum absolute atomic E-state index is 12.7. The molecule has 38 heavy (non-hydrogen) atoms. The van der Waals surface area contributed by atoms with Gasteiger partial charge in [-0.25, -0.2) is 8.42 Å². The molecule has 0 aromatic heterocycles. The molecule has 1 aliphatic carbocycles. The van der Waals surface area contributed by atoms with E-state index in [4.69, 9.17) is 0 Å². The highest BCUT2D eigenvalue weighted by Crippen LogP contribution is 2.38. The second kappa shape index (κ2) is 12.3. The molecule has 3 atom stereocenters. The Morgan fingerprint density at radius 2 is 1.55 bits per heavy atom. The van der Waals surface area contributed by atoms with Crippen molar-refractivity contribution < 1.29 is 18.3 Å². The number of piperidine rings is 1. The fourth-order valence-electron chi connectivity index (χ4n) is 6.73. The van der Waals surface area contributed by atoms with Crippen molar-refractivity contribution in [3.8, 4) is 0 Å². The molecule has 2 heterocycles. The lowest BCUT2D eigenvalue weighted by molar-refractivity contribution is -0.144. The lowest BCUT2D eigenvalue weighted by Crippen LogP contribution is -2.43. The Morgan fingerprint density at radius 3 is 2.16 bits per heavy atom. The molecule has 1 N–H and O–H groups in total. The van der Waals surface area contributed by atoms with E-state index in [0.29, 0.717) is 28.6 Å². The summed E-state index contributed by atoms with van der Waals surface area (Å²) in [5.41, 5.74) is 1.31. The lowest BCUT2D eigenvalue weighted by Gasteiger charge is -2.35. The third-order valence-electron chi connectivity index (χ3n) is 9.30. The topological polar surface area (TPSA) is 77.9 Å². The van der Waals surface area contributed by atoms with Crippen LogP contribution in [-0.4, -0.2) is 73.8 Å². The Balaban J connectivity index is 1.18. The number of hydrogen-bond acceptors (Lipinski definition) is 5. The number of hydrogen-bond donors (Lipinski definition) is 1. The second-order valence-electron chi connectivity index (χ2n) is 11.8. The number of nitrogens with zero attached hydrogens (tertiary/aromatic N) is 2. The fraction of sp³-hybridized carbons (Fsp3) is 0.581. The van der Waals surface area contributed by atoms with Crippen LogP contribution in [-0.2, 0) is 14.6 Å². The molecule has 5 rings (SSSR count). The van der Waals surface area contributed by atoms with Gasteiger partial charge in [0.1, 0.15) is 6.04 Å². The number of sulfone groups is 1. The third-order valence-corrected chi connectivity index (χ3v) is 11.1. The summed E-state index contributed by atoms with van der Waals surface area (Å²) in [6.07, 6.45) is 7.12. The minimum Gasteiger partial charge on any atom is -0.480 e. The van der Waals surface area contributed by atoms with Crippen LogP contribution in [0.2, 0.25) is 0 Å². The Bertz CT molecular complexity index is 1140. The number of rotatable bonds is 11. The number of carboxylic acid groups (broad SMARTS) is 1. The predicted molar refractivity (Wildman–Crippen MR) is 150 cm³/mol. The van der Waals surface area contributed by atoms with E-state index in [1.54, 1.807) is 24.3 Å². The fourth-order valence-corrected chi connectivity index (χ4v) is 8.18. The number of aliphatic carboxylic acids is 1. The van der Waals surface area contributed by atoms with Crippen LogP contribution in [0.25, 0.3) is 0 Å². The molecule has 7 heteroatoms. The van der Waals surface area contributed by atoms with E-state index >= 15 is 0 Å². The molecule has 2 aromatic carbocycles. The van der Waals surface area contributed by atoms with Gasteiger partial charge in [0.2, 0.25) is 0 Å². The first-order valence-corrected chi connectivity index (χ1v) is 16.1. The molecule has 2 aliphatic heterocycles. The van der Waals surface area contributed by atoms with Crippen molar-refractivity contribution in [3.05, 3.63) is 66.2 Å². The van der Waals surface area contributed by atoms with Crippen LogP contribution in [0.5, 0.6) is 0 Å². The highest BCUT2D eigenvalue weighted by Gasteiger charge is 2.41. The summed E-state index contributed by atoms with van der Waals surface area (Å²) in [4.78, 5) is 17.5. The second-order valence-corrected chi connectivity index (χ2v) is 13.9. The molecule has 206 valence electrons. The molecule has 0 amide bonds. The molecule has 6 nitrogen and oxygen atoms in total. The first-order valence-electron chi connectivity index (χ1n) is 14.4. The van der Waals surface area contributed by atoms with Crippen molar-refractivity contribution in [2.24, 2.45) is 17.8 Å². The van der Waals surface area contributed by atoms with Crippen molar-refractivity contribution in [2.75, 3.05) is 38.5 Å². The molecule has 3 fully saturated rings. The van der Waals surface area contributed by atoms with Crippen molar-refractivity contribution >= 4 is 15.8 Å². The van der Waals surface area contributed by atoms with Gasteiger partial charge in [-0.1, -0.05) is 67.8 Å². The molecule has 0 radical (unpaired) electrons. The Morgan fingerprint density at radius 1 is 0.895 bits per heavy atom. The maximum atomic E-state index is 12.7. The molecule has 0 spiro atoms. The Kier molecular flexibility index (Phi) is 8.86. The van der Waals surface area contributed by atoms with Gasteiger partial charge in [0.15, 0.2) is 9.84 Å². The number of benzene rings is 2. The van der Waals surface area contributed by atoms with Crippen LogP contribution in [0, 0.1) is 17.8 Å². The molecular weight excluding hydrogens is 496 g/mol. The Labute approximate surface area is 228 Å². The van der Waals surface area contributed by atoms with Crippen LogP contribution < -0.4 is 0 Å². The van der Waals surface area contributed by atoms with Gasteiger partial charge in [0.05, 0.1) is 10.6 Å². The molecule has 1 saturated carbocycles. The van der Waals surface area contributed by atoms with E-state index in [1.807, 2.05) is 12.1 Å². The summed E-state index contributed by atoms with van der Waals surface area (Å²) in [5, 5.41) is 10.1. The summed E-state index contributed by atoms with van der Waals surface area (Å²) < 4.78 is 25.4. The van der Waals surface area contributed by atoms with Crippen molar-refractivity contribution in [1.29, 1.82) is 0 Å². The predicted octanol–water partition coefficient (Wildman–Crippen LogP) is 4.92. The molecule has 3 unspecified atom stereocenters. The zero-order chi connectivity index (χ0) is 26.5. The first-order chi connectivity index (χ1) is 18.4. The monoisotopic (exact) mass is 538 g/mol.